The molecule has 20 heavy (non-hydrogen) atoms. The van der Waals surface area contributed by atoms with E-state index in [1.54, 1.807) is 6.20 Å². The predicted molar refractivity (Wildman–Crippen MR) is 81.9 cm³/mol. The maximum Gasteiger partial charge on any atom is 0.127 e. The van der Waals surface area contributed by atoms with Gasteiger partial charge in [0.2, 0.25) is 0 Å². The molecule has 108 valence electrons. The van der Waals surface area contributed by atoms with Gasteiger partial charge in [0.1, 0.15) is 11.6 Å². The summed E-state index contributed by atoms with van der Waals surface area (Å²) >= 11 is 0. The summed E-state index contributed by atoms with van der Waals surface area (Å²) in [6, 6.07) is 5.79. The van der Waals surface area contributed by atoms with Crippen LogP contribution in [-0.2, 0) is 13.6 Å². The Hall–Kier alpha value is -2.17. The average molecular weight is 274 g/mol. The van der Waals surface area contributed by atoms with Crippen LogP contribution in [0.25, 0.3) is 0 Å². The Morgan fingerprint density at radius 3 is 2.70 bits per heavy atom. The van der Waals surface area contributed by atoms with E-state index >= 15 is 0 Å². The Bertz CT molecular complexity index is 577. The van der Waals surface area contributed by atoms with Crippen molar-refractivity contribution in [2.45, 2.75) is 26.5 Å². The van der Waals surface area contributed by atoms with E-state index in [4.69, 9.17) is 10.5 Å². The highest BCUT2D eigenvalue weighted by Gasteiger charge is 2.09. The lowest BCUT2D eigenvalue weighted by molar-refractivity contribution is 0.242. The smallest absolute Gasteiger partial charge is 0.127 e. The zero-order valence-corrected chi connectivity index (χ0v) is 12.5. The lowest BCUT2D eigenvalue weighted by Gasteiger charge is -2.21. The number of aromatic nitrogens is 2. The maximum atomic E-state index is 5.95. The van der Waals surface area contributed by atoms with Gasteiger partial charge in [0.15, 0.2) is 0 Å². The molecule has 2 N–H and O–H groups in total. The second-order valence-corrected chi connectivity index (χ2v) is 5.24. The third-order valence-electron chi connectivity index (χ3n) is 3.03. The fourth-order valence-corrected chi connectivity index (χ4v) is 2.02. The van der Waals surface area contributed by atoms with Crippen molar-refractivity contribution in [3.05, 3.63) is 36.4 Å². The van der Waals surface area contributed by atoms with Crippen LogP contribution in [0.3, 0.4) is 0 Å². The number of benzene rings is 1. The van der Waals surface area contributed by atoms with Crippen molar-refractivity contribution in [3.63, 3.8) is 0 Å². The Labute approximate surface area is 120 Å². The zero-order valence-electron chi connectivity index (χ0n) is 12.5. The predicted octanol–water partition coefficient (Wildman–Crippen LogP) is 2.43. The highest BCUT2D eigenvalue weighted by Crippen LogP contribution is 2.26. The molecule has 0 spiro atoms. The van der Waals surface area contributed by atoms with Crippen LogP contribution in [-0.4, -0.2) is 22.7 Å². The van der Waals surface area contributed by atoms with Gasteiger partial charge in [-0.05, 0) is 19.9 Å². The van der Waals surface area contributed by atoms with Crippen molar-refractivity contribution in [2.75, 3.05) is 17.7 Å². The number of hydrogen-bond donors (Lipinski definition) is 1. The second-order valence-electron chi connectivity index (χ2n) is 5.24. The van der Waals surface area contributed by atoms with Gasteiger partial charge in [-0.3, -0.25) is 0 Å². The minimum absolute atomic E-state index is 0.129. The number of nitrogens with zero attached hydrogens (tertiary/aromatic N) is 3. The summed E-state index contributed by atoms with van der Waals surface area (Å²) in [6.07, 6.45) is 3.87. The second kappa shape index (κ2) is 5.86. The molecule has 1 heterocycles. The minimum atomic E-state index is 0.129. The molecule has 0 fully saturated rings. The van der Waals surface area contributed by atoms with E-state index in [1.807, 2.05) is 56.9 Å². The van der Waals surface area contributed by atoms with Gasteiger partial charge in [0.25, 0.3) is 0 Å². The number of rotatable bonds is 5. The van der Waals surface area contributed by atoms with Gasteiger partial charge >= 0.3 is 0 Å². The van der Waals surface area contributed by atoms with E-state index in [0.717, 1.165) is 17.3 Å². The van der Waals surface area contributed by atoms with Crippen molar-refractivity contribution in [3.8, 4) is 5.75 Å². The fraction of sp³-hybridized carbons (Fsp3) is 0.400. The number of aryl methyl sites for hydroxylation is 1. The number of nitrogen functional groups attached to an aromatic ring is 1. The van der Waals surface area contributed by atoms with Gasteiger partial charge < -0.3 is 19.9 Å². The number of hydrogen-bond acceptors (Lipinski definition) is 4. The molecule has 2 rings (SSSR count). The van der Waals surface area contributed by atoms with Crippen LogP contribution in [0.15, 0.2) is 30.6 Å². The van der Waals surface area contributed by atoms with Gasteiger partial charge in [0, 0.05) is 50.0 Å². The van der Waals surface area contributed by atoms with Crippen LogP contribution in [0.4, 0.5) is 11.4 Å². The first kappa shape index (κ1) is 14.2. The van der Waals surface area contributed by atoms with Crippen LogP contribution in [0.2, 0.25) is 0 Å². The Morgan fingerprint density at radius 2 is 2.10 bits per heavy atom. The fourth-order valence-electron chi connectivity index (χ4n) is 2.02. The summed E-state index contributed by atoms with van der Waals surface area (Å²) in [5, 5.41) is 0. The monoisotopic (exact) mass is 274 g/mol. The summed E-state index contributed by atoms with van der Waals surface area (Å²) in [6.45, 7) is 4.72. The highest BCUT2D eigenvalue weighted by molar-refractivity contribution is 5.60. The molecule has 0 aliphatic heterocycles. The number of ether oxygens (including phenoxy) is 1. The lowest BCUT2D eigenvalue weighted by atomic mass is 10.2. The number of anilines is 2. The average Bonchev–Trinajstić information content (AvgIpc) is 2.73. The standard InChI is InChI=1S/C15H22N4O/c1-11(2)20-14-8-12(16)7-13(9-14)19(4)10-15-17-5-6-18(15)3/h5-9,11H,10,16H2,1-4H3. The lowest BCUT2D eigenvalue weighted by Crippen LogP contribution is -2.19. The van der Waals surface area contributed by atoms with Crippen molar-refractivity contribution >= 4 is 11.4 Å². The molecule has 0 radical (unpaired) electrons. The van der Waals surface area contributed by atoms with Crippen LogP contribution < -0.4 is 15.4 Å². The summed E-state index contributed by atoms with van der Waals surface area (Å²) in [5.74, 6) is 1.79. The molecule has 0 unspecified atom stereocenters. The Morgan fingerprint density at radius 1 is 1.35 bits per heavy atom. The molecule has 0 atom stereocenters. The van der Waals surface area contributed by atoms with Gasteiger partial charge in [-0.2, -0.15) is 0 Å². The molecule has 2 aromatic rings. The molecule has 0 aliphatic rings. The first-order chi connectivity index (χ1) is 9.45. The van der Waals surface area contributed by atoms with E-state index in [9.17, 15) is 0 Å². The van der Waals surface area contributed by atoms with Crippen LogP contribution in [0.1, 0.15) is 19.7 Å². The van der Waals surface area contributed by atoms with Crippen molar-refractivity contribution in [2.24, 2.45) is 7.05 Å². The van der Waals surface area contributed by atoms with Crippen LogP contribution in [0, 0.1) is 0 Å². The molecule has 0 saturated carbocycles. The molecule has 0 saturated heterocycles. The first-order valence-electron chi connectivity index (χ1n) is 6.70. The van der Waals surface area contributed by atoms with E-state index in [0.29, 0.717) is 12.2 Å². The largest absolute Gasteiger partial charge is 0.491 e. The molecule has 1 aromatic carbocycles. The Kier molecular flexibility index (Phi) is 4.17. The van der Waals surface area contributed by atoms with E-state index in [2.05, 4.69) is 9.88 Å². The molecule has 0 bridgehead atoms. The molecule has 1 aromatic heterocycles. The number of nitrogens with two attached hydrogens (primary N) is 1. The van der Waals surface area contributed by atoms with Crippen LogP contribution in [0.5, 0.6) is 5.75 Å². The molecule has 5 heteroatoms. The Balaban J connectivity index is 2.18. The third kappa shape index (κ3) is 3.44. The van der Waals surface area contributed by atoms with Crippen LogP contribution >= 0.6 is 0 Å². The molecular weight excluding hydrogens is 252 g/mol. The summed E-state index contributed by atoms with van der Waals surface area (Å²) in [7, 11) is 4.01. The van der Waals surface area contributed by atoms with Crippen molar-refractivity contribution < 1.29 is 4.74 Å². The topological polar surface area (TPSA) is 56.3 Å². The molecule has 0 aliphatic carbocycles. The SMILES string of the molecule is CC(C)Oc1cc(N)cc(N(C)Cc2nccn2C)c1. The molecule has 5 nitrogen and oxygen atoms in total. The molecule has 0 amide bonds. The first-order valence-corrected chi connectivity index (χ1v) is 6.70. The summed E-state index contributed by atoms with van der Waals surface area (Å²) in [4.78, 5) is 6.44. The van der Waals surface area contributed by atoms with E-state index in [1.165, 1.54) is 0 Å². The van der Waals surface area contributed by atoms with Crippen molar-refractivity contribution in [1.82, 2.24) is 9.55 Å². The summed E-state index contributed by atoms with van der Waals surface area (Å²) in [5.41, 5.74) is 7.66. The zero-order chi connectivity index (χ0) is 14.7. The third-order valence-corrected chi connectivity index (χ3v) is 3.03. The minimum Gasteiger partial charge on any atom is -0.491 e. The van der Waals surface area contributed by atoms with E-state index < -0.39 is 0 Å². The van der Waals surface area contributed by atoms with E-state index in [-0.39, 0.29) is 6.10 Å². The maximum absolute atomic E-state index is 5.95. The van der Waals surface area contributed by atoms with Gasteiger partial charge in [-0.25, -0.2) is 4.98 Å². The summed E-state index contributed by atoms with van der Waals surface area (Å²) < 4.78 is 7.73. The van der Waals surface area contributed by atoms with Gasteiger partial charge in [0.05, 0.1) is 12.6 Å². The normalized spacial score (nSPS) is 10.8. The van der Waals surface area contributed by atoms with Gasteiger partial charge in [-0.15, -0.1) is 0 Å². The quantitative estimate of drug-likeness (QED) is 0.851. The van der Waals surface area contributed by atoms with Gasteiger partial charge in [-0.1, -0.05) is 0 Å². The molecular formula is C15H22N4O. The van der Waals surface area contributed by atoms with Crippen molar-refractivity contribution in [1.29, 1.82) is 0 Å². The highest BCUT2D eigenvalue weighted by atomic mass is 16.5. The number of imidazole rings is 1.